The summed E-state index contributed by atoms with van der Waals surface area (Å²) in [5.74, 6) is 1.16. The van der Waals surface area contributed by atoms with Gasteiger partial charge >= 0.3 is 0 Å². The summed E-state index contributed by atoms with van der Waals surface area (Å²) < 4.78 is 21.6. The maximum atomic E-state index is 12.8. The molecule has 0 radical (unpaired) electrons. The number of nitrogens with zero attached hydrogens (tertiary/aromatic N) is 2. The van der Waals surface area contributed by atoms with Crippen molar-refractivity contribution in [2.75, 3.05) is 47.6 Å². The van der Waals surface area contributed by atoms with E-state index in [1.807, 2.05) is 12.1 Å². The number of ether oxygens (including phenoxy) is 4. The second-order valence-corrected chi connectivity index (χ2v) is 7.63. The Kier molecular flexibility index (Phi) is 7.08. The van der Waals surface area contributed by atoms with Gasteiger partial charge < -0.3 is 23.8 Å². The second kappa shape index (κ2) is 10.4. The molecule has 1 amide bonds. The summed E-state index contributed by atoms with van der Waals surface area (Å²) in [4.78, 5) is 31.6. The van der Waals surface area contributed by atoms with Gasteiger partial charge in [-0.25, -0.2) is 4.98 Å². The molecule has 2 aromatic carbocycles. The molecule has 3 aromatic rings. The maximum Gasteiger partial charge on any atom is 0.254 e. The summed E-state index contributed by atoms with van der Waals surface area (Å²) in [6.07, 6.45) is 3.16. The number of ketones is 1. The van der Waals surface area contributed by atoms with Crippen LogP contribution in [0, 0.1) is 0 Å². The van der Waals surface area contributed by atoms with Crippen molar-refractivity contribution < 1.29 is 28.5 Å². The lowest BCUT2D eigenvalue weighted by Crippen LogP contribution is -2.40. The van der Waals surface area contributed by atoms with Crippen molar-refractivity contribution >= 4 is 28.7 Å². The van der Waals surface area contributed by atoms with Crippen LogP contribution in [0.4, 0.5) is 0 Å². The lowest BCUT2D eigenvalue weighted by Gasteiger charge is -2.26. The molecule has 34 heavy (non-hydrogen) atoms. The minimum atomic E-state index is -0.246. The molecule has 2 heterocycles. The van der Waals surface area contributed by atoms with Crippen LogP contribution >= 0.6 is 0 Å². The molecule has 1 fully saturated rings. The highest BCUT2D eigenvalue weighted by molar-refractivity contribution is 6.07. The van der Waals surface area contributed by atoms with Crippen LogP contribution in [0.3, 0.4) is 0 Å². The summed E-state index contributed by atoms with van der Waals surface area (Å²) in [7, 11) is 4.60. The molecule has 176 valence electrons. The average Bonchev–Trinajstić information content (AvgIpc) is 2.90. The van der Waals surface area contributed by atoms with Gasteiger partial charge in [-0.3, -0.25) is 9.59 Å². The van der Waals surface area contributed by atoms with Gasteiger partial charge in [0.15, 0.2) is 11.5 Å². The molecule has 0 N–H and O–H groups in total. The Morgan fingerprint density at radius 1 is 0.941 bits per heavy atom. The molecule has 0 saturated carbocycles. The van der Waals surface area contributed by atoms with E-state index in [9.17, 15) is 9.59 Å². The Morgan fingerprint density at radius 2 is 1.65 bits per heavy atom. The van der Waals surface area contributed by atoms with Crippen molar-refractivity contribution in [1.82, 2.24) is 9.88 Å². The largest absolute Gasteiger partial charge is 0.493 e. The van der Waals surface area contributed by atoms with Gasteiger partial charge in [-0.2, -0.15) is 0 Å². The van der Waals surface area contributed by atoms with Gasteiger partial charge in [0, 0.05) is 30.1 Å². The third-order valence-electron chi connectivity index (χ3n) is 5.63. The Bertz CT molecular complexity index is 1230. The van der Waals surface area contributed by atoms with Crippen LogP contribution in [0.25, 0.3) is 17.0 Å². The van der Waals surface area contributed by atoms with Crippen LogP contribution in [-0.4, -0.2) is 69.2 Å². The molecule has 0 unspecified atom stereocenters. The zero-order chi connectivity index (χ0) is 24.1. The monoisotopic (exact) mass is 462 g/mol. The number of hydrogen-bond acceptors (Lipinski definition) is 7. The summed E-state index contributed by atoms with van der Waals surface area (Å²) in [6.45, 7) is 2.31. The SMILES string of the molecule is COc1cc2nc(C(=O)C=Cc3ccc(C(=O)N4CCOCC4)cc3)ccc2c(OC)c1OC. The second-order valence-electron chi connectivity index (χ2n) is 7.63. The lowest BCUT2D eigenvalue weighted by molar-refractivity contribution is 0.0303. The van der Waals surface area contributed by atoms with Gasteiger partial charge in [0.2, 0.25) is 11.5 Å². The Labute approximate surface area is 197 Å². The van der Waals surface area contributed by atoms with Gasteiger partial charge in [-0.1, -0.05) is 18.2 Å². The number of rotatable bonds is 7. The van der Waals surface area contributed by atoms with Gasteiger partial charge in [0.25, 0.3) is 5.91 Å². The van der Waals surface area contributed by atoms with Gasteiger partial charge in [-0.15, -0.1) is 0 Å². The summed E-state index contributed by atoms with van der Waals surface area (Å²) >= 11 is 0. The smallest absolute Gasteiger partial charge is 0.254 e. The van der Waals surface area contributed by atoms with Crippen molar-refractivity contribution in [3.05, 3.63) is 65.4 Å². The number of fused-ring (bicyclic) bond motifs is 1. The van der Waals surface area contributed by atoms with E-state index in [-0.39, 0.29) is 17.4 Å². The first-order valence-corrected chi connectivity index (χ1v) is 10.8. The van der Waals surface area contributed by atoms with Gasteiger partial charge in [-0.05, 0) is 35.9 Å². The molecule has 0 bridgehead atoms. The zero-order valence-electron chi connectivity index (χ0n) is 19.4. The topological polar surface area (TPSA) is 87.2 Å². The highest BCUT2D eigenvalue weighted by Gasteiger charge is 2.19. The van der Waals surface area contributed by atoms with Crippen LogP contribution < -0.4 is 14.2 Å². The van der Waals surface area contributed by atoms with Crippen molar-refractivity contribution in [3.8, 4) is 17.2 Å². The van der Waals surface area contributed by atoms with E-state index in [0.29, 0.717) is 60.0 Å². The lowest BCUT2D eigenvalue weighted by atomic mass is 10.1. The molecule has 8 heteroatoms. The van der Waals surface area contributed by atoms with Crippen LogP contribution in [0.15, 0.2) is 48.5 Å². The number of morpholine rings is 1. The molecule has 8 nitrogen and oxygen atoms in total. The Balaban J connectivity index is 1.52. The van der Waals surface area contributed by atoms with E-state index in [1.165, 1.54) is 20.3 Å². The average molecular weight is 463 g/mol. The number of methoxy groups -OCH3 is 3. The number of benzene rings is 2. The van der Waals surface area contributed by atoms with Crippen LogP contribution in [0.1, 0.15) is 26.4 Å². The third kappa shape index (κ3) is 4.72. The quantitative estimate of drug-likeness (QED) is 0.391. The number of amides is 1. The number of allylic oxidation sites excluding steroid dienone is 1. The van der Waals surface area contributed by atoms with Crippen molar-refractivity contribution in [1.29, 1.82) is 0 Å². The van der Waals surface area contributed by atoms with Crippen LogP contribution in [0.2, 0.25) is 0 Å². The minimum absolute atomic E-state index is 0.0160. The predicted molar refractivity (Wildman–Crippen MR) is 128 cm³/mol. The number of carbonyl (C=O) groups excluding carboxylic acids is 2. The number of pyridine rings is 1. The normalized spacial score (nSPS) is 13.8. The van der Waals surface area contributed by atoms with E-state index < -0.39 is 0 Å². The molecule has 0 aliphatic carbocycles. The molecule has 1 aliphatic heterocycles. The molecule has 1 aliphatic rings. The molecular weight excluding hydrogens is 436 g/mol. The summed E-state index contributed by atoms with van der Waals surface area (Å²) in [6, 6.07) is 12.3. The molecular formula is C26H26N2O6. The first kappa shape index (κ1) is 23.3. The first-order chi connectivity index (χ1) is 16.5. The zero-order valence-corrected chi connectivity index (χ0v) is 19.4. The van der Waals surface area contributed by atoms with Crippen LogP contribution in [0.5, 0.6) is 17.2 Å². The van der Waals surface area contributed by atoms with E-state index >= 15 is 0 Å². The fraction of sp³-hybridized carbons (Fsp3) is 0.269. The van der Waals surface area contributed by atoms with E-state index in [2.05, 4.69) is 4.98 Å². The number of hydrogen-bond donors (Lipinski definition) is 0. The fourth-order valence-corrected chi connectivity index (χ4v) is 3.83. The predicted octanol–water partition coefficient (Wildman–Crippen LogP) is 3.63. The van der Waals surface area contributed by atoms with E-state index in [4.69, 9.17) is 18.9 Å². The molecule has 0 spiro atoms. The third-order valence-corrected chi connectivity index (χ3v) is 5.63. The Hall–Kier alpha value is -3.91. The summed E-state index contributed by atoms with van der Waals surface area (Å²) in [5, 5.41) is 0.709. The number of carbonyl (C=O) groups is 2. The minimum Gasteiger partial charge on any atom is -0.493 e. The molecule has 1 aromatic heterocycles. The van der Waals surface area contributed by atoms with Crippen molar-refractivity contribution in [3.63, 3.8) is 0 Å². The summed E-state index contributed by atoms with van der Waals surface area (Å²) in [5.41, 5.74) is 2.26. The molecule has 4 rings (SSSR count). The highest BCUT2D eigenvalue weighted by atomic mass is 16.5. The van der Waals surface area contributed by atoms with E-state index in [0.717, 1.165) is 5.56 Å². The molecule has 0 atom stereocenters. The van der Waals surface area contributed by atoms with E-state index in [1.54, 1.807) is 48.4 Å². The standard InChI is InChI=1S/C26H26N2O6/c1-31-23-16-21-19(24(32-2)25(23)33-3)9-10-20(27-21)22(29)11-6-17-4-7-18(8-5-17)26(30)28-12-14-34-15-13-28/h4-11,16H,12-15H2,1-3H3. The van der Waals surface area contributed by atoms with Gasteiger partial charge in [0.05, 0.1) is 40.1 Å². The van der Waals surface area contributed by atoms with Crippen molar-refractivity contribution in [2.24, 2.45) is 0 Å². The van der Waals surface area contributed by atoms with Crippen LogP contribution in [-0.2, 0) is 4.74 Å². The number of aromatic nitrogens is 1. The highest BCUT2D eigenvalue weighted by Crippen LogP contribution is 2.42. The van der Waals surface area contributed by atoms with Crippen molar-refractivity contribution in [2.45, 2.75) is 0 Å². The first-order valence-electron chi connectivity index (χ1n) is 10.8. The fourth-order valence-electron chi connectivity index (χ4n) is 3.83. The van der Waals surface area contributed by atoms with Gasteiger partial charge in [0.1, 0.15) is 5.69 Å². The molecule has 1 saturated heterocycles. The maximum absolute atomic E-state index is 12.8. The Morgan fingerprint density at radius 3 is 2.29 bits per heavy atom.